The molecule has 1 atom stereocenters. The highest BCUT2D eigenvalue weighted by molar-refractivity contribution is 5.49. The van der Waals surface area contributed by atoms with Crippen molar-refractivity contribution in [2.24, 2.45) is 0 Å². The number of halogens is 1. The minimum atomic E-state index is -0.129. The fourth-order valence-electron chi connectivity index (χ4n) is 3.23. The van der Waals surface area contributed by atoms with Gasteiger partial charge in [-0.1, -0.05) is 18.2 Å². The monoisotopic (exact) mass is 315 g/mol. The average molecular weight is 315 g/mol. The van der Waals surface area contributed by atoms with Crippen molar-refractivity contribution in [2.75, 3.05) is 20.8 Å². The SMILES string of the molecule is COc1cc2c(cc1OC)C(CCc1ccccc1F)NCC2. The maximum Gasteiger partial charge on any atom is 0.161 e. The second-order valence-corrected chi connectivity index (χ2v) is 5.79. The fraction of sp³-hybridized carbons (Fsp3) is 0.368. The zero-order valence-electron chi connectivity index (χ0n) is 13.6. The smallest absolute Gasteiger partial charge is 0.161 e. The summed E-state index contributed by atoms with van der Waals surface area (Å²) in [5.41, 5.74) is 3.27. The lowest BCUT2D eigenvalue weighted by Crippen LogP contribution is -2.30. The Hall–Kier alpha value is -2.07. The molecule has 0 fully saturated rings. The van der Waals surface area contributed by atoms with E-state index in [1.54, 1.807) is 20.3 Å². The number of methoxy groups -OCH3 is 2. The van der Waals surface area contributed by atoms with Crippen LogP contribution >= 0.6 is 0 Å². The van der Waals surface area contributed by atoms with Crippen LogP contribution in [-0.2, 0) is 12.8 Å². The van der Waals surface area contributed by atoms with Gasteiger partial charge in [-0.3, -0.25) is 0 Å². The Morgan fingerprint density at radius 1 is 1.13 bits per heavy atom. The summed E-state index contributed by atoms with van der Waals surface area (Å²) in [7, 11) is 3.30. The quantitative estimate of drug-likeness (QED) is 0.913. The number of ether oxygens (including phenoxy) is 2. The summed E-state index contributed by atoms with van der Waals surface area (Å²) in [4.78, 5) is 0. The van der Waals surface area contributed by atoms with Gasteiger partial charge in [0.25, 0.3) is 0 Å². The molecule has 4 heteroatoms. The molecule has 1 N–H and O–H groups in total. The fourth-order valence-corrected chi connectivity index (χ4v) is 3.23. The highest BCUT2D eigenvalue weighted by atomic mass is 19.1. The van der Waals surface area contributed by atoms with Gasteiger partial charge in [0.15, 0.2) is 11.5 Å². The summed E-state index contributed by atoms with van der Waals surface area (Å²) < 4.78 is 24.6. The Labute approximate surface area is 136 Å². The number of benzene rings is 2. The lowest BCUT2D eigenvalue weighted by Gasteiger charge is -2.28. The largest absolute Gasteiger partial charge is 0.493 e. The second-order valence-electron chi connectivity index (χ2n) is 5.79. The first-order valence-electron chi connectivity index (χ1n) is 7.94. The first kappa shape index (κ1) is 15.8. The standard InChI is InChI=1S/C19H22FNO2/c1-22-18-11-14-9-10-21-17(15(14)12-19(18)23-2)8-7-13-5-3-4-6-16(13)20/h3-6,11-12,17,21H,7-10H2,1-2H3. The number of aryl methyl sites for hydroxylation is 1. The number of rotatable bonds is 5. The van der Waals surface area contributed by atoms with Gasteiger partial charge in [0.2, 0.25) is 0 Å². The Morgan fingerprint density at radius 2 is 1.87 bits per heavy atom. The third-order valence-corrected chi connectivity index (χ3v) is 4.47. The van der Waals surface area contributed by atoms with Gasteiger partial charge in [0.05, 0.1) is 14.2 Å². The van der Waals surface area contributed by atoms with Gasteiger partial charge in [0, 0.05) is 6.04 Å². The van der Waals surface area contributed by atoms with E-state index < -0.39 is 0 Å². The van der Waals surface area contributed by atoms with Crippen molar-refractivity contribution in [3.8, 4) is 11.5 Å². The summed E-state index contributed by atoms with van der Waals surface area (Å²) in [6.07, 6.45) is 2.52. The Balaban J connectivity index is 1.82. The molecule has 0 saturated heterocycles. The highest BCUT2D eigenvalue weighted by Gasteiger charge is 2.22. The molecular formula is C19H22FNO2. The molecule has 0 radical (unpaired) electrons. The summed E-state index contributed by atoms with van der Waals surface area (Å²) in [6, 6.07) is 11.3. The molecular weight excluding hydrogens is 293 g/mol. The van der Waals surface area contributed by atoms with Crippen molar-refractivity contribution in [2.45, 2.75) is 25.3 Å². The third kappa shape index (κ3) is 3.32. The number of nitrogens with one attached hydrogen (secondary N) is 1. The van der Waals surface area contributed by atoms with Crippen molar-refractivity contribution in [3.05, 3.63) is 58.9 Å². The Kier molecular flexibility index (Phi) is 4.82. The van der Waals surface area contributed by atoms with Crippen molar-refractivity contribution in [3.63, 3.8) is 0 Å². The van der Waals surface area contributed by atoms with Gasteiger partial charge in [-0.25, -0.2) is 4.39 Å². The van der Waals surface area contributed by atoms with Crippen LogP contribution in [0, 0.1) is 5.82 Å². The van der Waals surface area contributed by atoms with Crippen LogP contribution in [0.1, 0.15) is 29.2 Å². The molecule has 2 aromatic carbocycles. The van der Waals surface area contributed by atoms with Crippen LogP contribution in [0.25, 0.3) is 0 Å². The first-order valence-corrected chi connectivity index (χ1v) is 7.94. The Morgan fingerprint density at radius 3 is 2.61 bits per heavy atom. The van der Waals surface area contributed by atoms with E-state index in [0.29, 0.717) is 6.42 Å². The minimum Gasteiger partial charge on any atom is -0.493 e. The van der Waals surface area contributed by atoms with Crippen LogP contribution in [0.4, 0.5) is 4.39 Å². The van der Waals surface area contributed by atoms with E-state index >= 15 is 0 Å². The molecule has 1 heterocycles. The van der Waals surface area contributed by atoms with E-state index in [-0.39, 0.29) is 11.9 Å². The molecule has 0 aliphatic carbocycles. The third-order valence-electron chi connectivity index (χ3n) is 4.47. The summed E-state index contributed by atoms with van der Waals surface area (Å²) in [5, 5.41) is 3.53. The normalized spacial score (nSPS) is 16.7. The van der Waals surface area contributed by atoms with E-state index in [1.165, 1.54) is 17.2 Å². The van der Waals surface area contributed by atoms with Gasteiger partial charge in [-0.15, -0.1) is 0 Å². The van der Waals surface area contributed by atoms with Gasteiger partial charge < -0.3 is 14.8 Å². The van der Waals surface area contributed by atoms with Crippen molar-refractivity contribution in [1.82, 2.24) is 5.32 Å². The predicted molar refractivity (Wildman–Crippen MR) is 88.7 cm³/mol. The zero-order valence-corrected chi connectivity index (χ0v) is 13.6. The molecule has 122 valence electrons. The van der Waals surface area contributed by atoms with Crippen molar-refractivity contribution in [1.29, 1.82) is 0 Å². The number of hydrogen-bond donors (Lipinski definition) is 1. The highest BCUT2D eigenvalue weighted by Crippen LogP contribution is 2.36. The molecule has 2 aromatic rings. The minimum absolute atomic E-state index is 0.129. The molecule has 0 bridgehead atoms. The summed E-state index contributed by atoms with van der Waals surface area (Å²) >= 11 is 0. The lowest BCUT2D eigenvalue weighted by molar-refractivity contribution is 0.351. The molecule has 1 aliphatic rings. The van der Waals surface area contributed by atoms with Gasteiger partial charge >= 0.3 is 0 Å². The lowest BCUT2D eigenvalue weighted by atomic mass is 9.90. The van der Waals surface area contributed by atoms with Crippen LogP contribution in [-0.4, -0.2) is 20.8 Å². The van der Waals surface area contributed by atoms with Gasteiger partial charge in [-0.05, 0) is 60.7 Å². The van der Waals surface area contributed by atoms with Crippen LogP contribution < -0.4 is 14.8 Å². The molecule has 3 rings (SSSR count). The molecule has 1 aliphatic heterocycles. The maximum atomic E-state index is 13.8. The molecule has 0 amide bonds. The summed E-state index contributed by atoms with van der Waals surface area (Å²) in [5.74, 6) is 1.38. The molecule has 3 nitrogen and oxygen atoms in total. The van der Waals surface area contributed by atoms with E-state index in [1.807, 2.05) is 18.2 Å². The average Bonchev–Trinajstić information content (AvgIpc) is 2.59. The Bertz CT molecular complexity index is 687. The van der Waals surface area contributed by atoms with E-state index in [2.05, 4.69) is 11.4 Å². The molecule has 0 aromatic heterocycles. The van der Waals surface area contributed by atoms with Crippen LogP contribution in [0.3, 0.4) is 0 Å². The van der Waals surface area contributed by atoms with Crippen LogP contribution in [0.15, 0.2) is 36.4 Å². The molecule has 0 spiro atoms. The van der Waals surface area contributed by atoms with E-state index in [4.69, 9.17) is 9.47 Å². The first-order chi connectivity index (χ1) is 11.2. The predicted octanol–water partition coefficient (Wildman–Crippen LogP) is 3.66. The van der Waals surface area contributed by atoms with Crippen molar-refractivity contribution < 1.29 is 13.9 Å². The topological polar surface area (TPSA) is 30.5 Å². The van der Waals surface area contributed by atoms with Crippen molar-refractivity contribution >= 4 is 0 Å². The summed E-state index contributed by atoms with van der Waals surface area (Å²) in [6.45, 7) is 0.921. The van der Waals surface area contributed by atoms with E-state index in [0.717, 1.165) is 36.4 Å². The van der Waals surface area contributed by atoms with Crippen LogP contribution in [0.5, 0.6) is 11.5 Å². The van der Waals surface area contributed by atoms with Gasteiger partial charge in [-0.2, -0.15) is 0 Å². The van der Waals surface area contributed by atoms with Gasteiger partial charge in [0.1, 0.15) is 5.82 Å². The van der Waals surface area contributed by atoms with Crippen LogP contribution in [0.2, 0.25) is 0 Å². The second kappa shape index (κ2) is 7.01. The number of fused-ring (bicyclic) bond motifs is 1. The molecule has 23 heavy (non-hydrogen) atoms. The maximum absolute atomic E-state index is 13.8. The van der Waals surface area contributed by atoms with E-state index in [9.17, 15) is 4.39 Å². The number of hydrogen-bond acceptors (Lipinski definition) is 3. The molecule has 1 unspecified atom stereocenters. The molecule has 0 saturated carbocycles. The zero-order chi connectivity index (χ0) is 16.2.